The van der Waals surface area contributed by atoms with Crippen molar-refractivity contribution in [1.29, 1.82) is 0 Å². The Labute approximate surface area is 150 Å². The van der Waals surface area contributed by atoms with Crippen LogP contribution in [0.3, 0.4) is 0 Å². The number of benzene rings is 2. The SMILES string of the molecule is O=C(c1cccc(I)c1)N1CCCC(COc2ccccc2)C1. The lowest BCUT2D eigenvalue weighted by atomic mass is 9.98. The van der Waals surface area contributed by atoms with Gasteiger partial charge in [0.25, 0.3) is 5.91 Å². The van der Waals surface area contributed by atoms with E-state index in [2.05, 4.69) is 22.6 Å². The Bertz CT molecular complexity index is 659. The lowest BCUT2D eigenvalue weighted by Gasteiger charge is -2.32. The molecule has 1 atom stereocenters. The molecule has 0 aliphatic carbocycles. The van der Waals surface area contributed by atoms with Crippen LogP contribution in [0, 0.1) is 9.49 Å². The van der Waals surface area contributed by atoms with E-state index in [1.165, 1.54) is 0 Å². The van der Waals surface area contributed by atoms with Gasteiger partial charge in [-0.2, -0.15) is 0 Å². The van der Waals surface area contributed by atoms with Crippen LogP contribution in [-0.4, -0.2) is 30.5 Å². The Kier molecular flexibility index (Phi) is 5.54. The predicted molar refractivity (Wildman–Crippen MR) is 99.7 cm³/mol. The van der Waals surface area contributed by atoms with E-state index in [9.17, 15) is 4.79 Å². The maximum absolute atomic E-state index is 12.7. The van der Waals surface area contributed by atoms with Gasteiger partial charge in [-0.3, -0.25) is 4.79 Å². The van der Waals surface area contributed by atoms with Crippen molar-refractivity contribution in [3.8, 4) is 5.75 Å². The molecule has 0 aromatic heterocycles. The second-order valence-corrected chi connectivity index (χ2v) is 7.14. The van der Waals surface area contributed by atoms with E-state index < -0.39 is 0 Å². The van der Waals surface area contributed by atoms with E-state index in [1.807, 2.05) is 59.5 Å². The number of halogens is 1. The van der Waals surface area contributed by atoms with Crippen LogP contribution >= 0.6 is 22.6 Å². The molecule has 23 heavy (non-hydrogen) atoms. The molecular formula is C19H20INO2. The largest absolute Gasteiger partial charge is 0.493 e. The molecule has 1 aliphatic heterocycles. The van der Waals surface area contributed by atoms with Gasteiger partial charge in [0.1, 0.15) is 5.75 Å². The standard InChI is InChI=1S/C19H20INO2/c20-17-8-4-7-16(12-17)19(22)21-11-5-6-15(13-21)14-23-18-9-2-1-3-10-18/h1-4,7-10,12,15H,5-6,11,13-14H2. The normalized spacial score (nSPS) is 17.8. The molecular weight excluding hydrogens is 401 g/mol. The summed E-state index contributed by atoms with van der Waals surface area (Å²) in [5, 5.41) is 0. The fourth-order valence-electron chi connectivity index (χ4n) is 2.92. The number of carbonyl (C=O) groups excluding carboxylic acids is 1. The highest BCUT2D eigenvalue weighted by Gasteiger charge is 2.25. The lowest BCUT2D eigenvalue weighted by molar-refractivity contribution is 0.0633. The number of hydrogen-bond acceptors (Lipinski definition) is 2. The van der Waals surface area contributed by atoms with E-state index in [4.69, 9.17) is 4.74 Å². The zero-order valence-corrected chi connectivity index (χ0v) is 15.1. The van der Waals surface area contributed by atoms with Gasteiger partial charge in [0.2, 0.25) is 0 Å². The van der Waals surface area contributed by atoms with Crippen LogP contribution in [0.5, 0.6) is 5.75 Å². The highest BCUT2D eigenvalue weighted by molar-refractivity contribution is 14.1. The summed E-state index contributed by atoms with van der Waals surface area (Å²) in [6, 6.07) is 17.7. The summed E-state index contributed by atoms with van der Waals surface area (Å²) >= 11 is 2.24. The number of amides is 1. The monoisotopic (exact) mass is 421 g/mol. The topological polar surface area (TPSA) is 29.5 Å². The van der Waals surface area contributed by atoms with E-state index in [-0.39, 0.29) is 5.91 Å². The minimum atomic E-state index is 0.132. The molecule has 0 spiro atoms. The quantitative estimate of drug-likeness (QED) is 0.692. The molecule has 0 radical (unpaired) electrons. The maximum Gasteiger partial charge on any atom is 0.253 e. The van der Waals surface area contributed by atoms with Crippen molar-refractivity contribution < 1.29 is 9.53 Å². The third-order valence-electron chi connectivity index (χ3n) is 4.11. The zero-order valence-electron chi connectivity index (χ0n) is 13.0. The van der Waals surface area contributed by atoms with Crippen LogP contribution in [0.2, 0.25) is 0 Å². The summed E-state index contributed by atoms with van der Waals surface area (Å²) in [4.78, 5) is 14.6. The first kappa shape index (κ1) is 16.3. The number of likely N-dealkylation sites (tertiary alicyclic amines) is 1. The summed E-state index contributed by atoms with van der Waals surface area (Å²) < 4.78 is 6.95. The van der Waals surface area contributed by atoms with Crippen molar-refractivity contribution in [3.63, 3.8) is 0 Å². The second kappa shape index (κ2) is 7.81. The molecule has 120 valence electrons. The molecule has 1 fully saturated rings. The van der Waals surface area contributed by atoms with Crippen molar-refractivity contribution in [1.82, 2.24) is 4.90 Å². The average Bonchev–Trinajstić information content (AvgIpc) is 2.60. The van der Waals surface area contributed by atoms with Gasteiger partial charge >= 0.3 is 0 Å². The van der Waals surface area contributed by atoms with Crippen molar-refractivity contribution in [2.45, 2.75) is 12.8 Å². The van der Waals surface area contributed by atoms with Crippen LogP contribution in [0.1, 0.15) is 23.2 Å². The Morgan fingerprint density at radius 2 is 2.00 bits per heavy atom. The number of nitrogens with zero attached hydrogens (tertiary/aromatic N) is 1. The van der Waals surface area contributed by atoms with Crippen LogP contribution in [0.4, 0.5) is 0 Å². The molecule has 0 bridgehead atoms. The number of rotatable bonds is 4. The van der Waals surface area contributed by atoms with Gasteiger partial charge in [0.05, 0.1) is 6.61 Å². The molecule has 0 N–H and O–H groups in total. The molecule has 4 heteroatoms. The van der Waals surface area contributed by atoms with Gasteiger partial charge in [-0.1, -0.05) is 24.3 Å². The first-order valence-electron chi connectivity index (χ1n) is 7.95. The first-order chi connectivity index (χ1) is 11.2. The second-order valence-electron chi connectivity index (χ2n) is 5.89. The Morgan fingerprint density at radius 1 is 1.17 bits per heavy atom. The molecule has 1 heterocycles. The summed E-state index contributed by atoms with van der Waals surface area (Å²) in [5.74, 6) is 1.43. The molecule has 1 aliphatic rings. The van der Waals surface area contributed by atoms with Crippen molar-refractivity contribution in [2.24, 2.45) is 5.92 Å². The summed E-state index contributed by atoms with van der Waals surface area (Å²) in [6.07, 6.45) is 2.15. The van der Waals surface area contributed by atoms with Gasteiger partial charge < -0.3 is 9.64 Å². The lowest BCUT2D eigenvalue weighted by Crippen LogP contribution is -2.41. The molecule has 0 saturated carbocycles. The highest BCUT2D eigenvalue weighted by atomic mass is 127. The van der Waals surface area contributed by atoms with Gasteiger partial charge in [0.15, 0.2) is 0 Å². The van der Waals surface area contributed by atoms with Crippen LogP contribution < -0.4 is 4.74 Å². The van der Waals surface area contributed by atoms with Crippen LogP contribution in [-0.2, 0) is 0 Å². The minimum absolute atomic E-state index is 0.132. The molecule has 3 rings (SSSR count). The Morgan fingerprint density at radius 3 is 2.78 bits per heavy atom. The molecule has 3 nitrogen and oxygen atoms in total. The minimum Gasteiger partial charge on any atom is -0.493 e. The number of carbonyl (C=O) groups is 1. The first-order valence-corrected chi connectivity index (χ1v) is 9.03. The fourth-order valence-corrected chi connectivity index (χ4v) is 3.46. The Hall–Kier alpha value is -1.56. The van der Waals surface area contributed by atoms with Gasteiger partial charge in [-0.05, 0) is 65.8 Å². The molecule has 2 aromatic rings. The Balaban J connectivity index is 1.58. The third-order valence-corrected chi connectivity index (χ3v) is 4.78. The van der Waals surface area contributed by atoms with Crippen molar-refractivity contribution >= 4 is 28.5 Å². The number of hydrogen-bond donors (Lipinski definition) is 0. The smallest absolute Gasteiger partial charge is 0.253 e. The van der Waals surface area contributed by atoms with Crippen molar-refractivity contribution in [3.05, 3.63) is 63.7 Å². The van der Waals surface area contributed by atoms with Crippen LogP contribution in [0.15, 0.2) is 54.6 Å². The van der Waals surface area contributed by atoms with Gasteiger partial charge in [0, 0.05) is 28.1 Å². The van der Waals surface area contributed by atoms with Gasteiger partial charge in [-0.15, -0.1) is 0 Å². The average molecular weight is 421 g/mol. The maximum atomic E-state index is 12.7. The number of piperidine rings is 1. The van der Waals surface area contributed by atoms with E-state index in [0.717, 1.165) is 40.8 Å². The summed E-state index contributed by atoms with van der Waals surface area (Å²) in [5.41, 5.74) is 0.779. The van der Waals surface area contributed by atoms with E-state index in [1.54, 1.807) is 0 Å². The molecule has 1 amide bonds. The molecule has 2 aromatic carbocycles. The van der Waals surface area contributed by atoms with Crippen molar-refractivity contribution in [2.75, 3.05) is 19.7 Å². The summed E-state index contributed by atoms with van der Waals surface area (Å²) in [6.45, 7) is 2.28. The fraction of sp³-hybridized carbons (Fsp3) is 0.316. The number of para-hydroxylation sites is 1. The molecule has 1 saturated heterocycles. The van der Waals surface area contributed by atoms with Gasteiger partial charge in [-0.25, -0.2) is 0 Å². The van der Waals surface area contributed by atoms with E-state index >= 15 is 0 Å². The third kappa shape index (κ3) is 4.47. The zero-order chi connectivity index (χ0) is 16.1. The highest BCUT2D eigenvalue weighted by Crippen LogP contribution is 2.21. The number of ether oxygens (including phenoxy) is 1. The summed E-state index contributed by atoms with van der Waals surface area (Å²) in [7, 11) is 0. The van der Waals surface area contributed by atoms with Crippen LogP contribution in [0.25, 0.3) is 0 Å². The molecule has 1 unspecified atom stereocenters. The predicted octanol–water partition coefficient (Wildman–Crippen LogP) is 4.22. The van der Waals surface area contributed by atoms with E-state index in [0.29, 0.717) is 12.5 Å².